The largest absolute Gasteiger partial charge is 0.371 e. The zero-order valence-corrected chi connectivity index (χ0v) is 21.3. The van der Waals surface area contributed by atoms with E-state index >= 15 is 0 Å². The minimum absolute atomic E-state index is 0.667. The van der Waals surface area contributed by atoms with Crippen LogP contribution in [-0.2, 0) is 6.42 Å². The van der Waals surface area contributed by atoms with Gasteiger partial charge in [0.1, 0.15) is 11.9 Å². The van der Waals surface area contributed by atoms with E-state index in [0.29, 0.717) is 5.56 Å². The Kier molecular flexibility index (Phi) is 8.79. The Morgan fingerprint density at radius 2 is 1.51 bits per heavy atom. The second-order valence-electron chi connectivity index (χ2n) is 9.62. The van der Waals surface area contributed by atoms with Gasteiger partial charge in [-0.1, -0.05) is 101 Å². The number of aromatic nitrogens is 2. The smallest absolute Gasteiger partial charge is 0.157 e. The van der Waals surface area contributed by atoms with E-state index in [1.54, 1.807) is 0 Å². The fourth-order valence-electron chi connectivity index (χ4n) is 5.03. The maximum atomic E-state index is 10.1. The van der Waals surface area contributed by atoms with Crippen molar-refractivity contribution in [2.75, 3.05) is 11.9 Å². The van der Waals surface area contributed by atoms with E-state index in [9.17, 15) is 5.26 Å². The van der Waals surface area contributed by atoms with Gasteiger partial charge in [-0.15, -0.1) is 0 Å². The summed E-state index contributed by atoms with van der Waals surface area (Å²) in [6, 6.07) is 21.2. The number of nitrogens with one attached hydrogen (secondary N) is 1. The van der Waals surface area contributed by atoms with E-state index in [0.717, 1.165) is 47.4 Å². The third kappa shape index (κ3) is 5.85. The van der Waals surface area contributed by atoms with E-state index in [1.807, 2.05) is 24.3 Å². The third-order valence-corrected chi connectivity index (χ3v) is 7.03. The molecule has 182 valence electrons. The lowest BCUT2D eigenvalue weighted by Crippen LogP contribution is -2.12. The average Bonchev–Trinajstić information content (AvgIpc) is 3.26. The molecule has 4 rings (SSSR count). The van der Waals surface area contributed by atoms with Crippen LogP contribution in [0.2, 0.25) is 0 Å². The molecule has 0 atom stereocenters. The summed E-state index contributed by atoms with van der Waals surface area (Å²) in [6.07, 6.45) is 12.6. The van der Waals surface area contributed by atoms with Crippen LogP contribution >= 0.6 is 0 Å². The maximum Gasteiger partial charge on any atom is 0.157 e. The van der Waals surface area contributed by atoms with Gasteiger partial charge in [0.2, 0.25) is 0 Å². The molecule has 0 fully saturated rings. The molecule has 0 bridgehead atoms. The molecule has 35 heavy (non-hydrogen) atoms. The molecule has 0 saturated heterocycles. The summed E-state index contributed by atoms with van der Waals surface area (Å²) in [5.74, 6) is 1.08. The van der Waals surface area contributed by atoms with Crippen LogP contribution in [0.1, 0.15) is 87.0 Å². The highest BCUT2D eigenvalue weighted by atomic mass is 15.1. The molecule has 0 aliphatic carbocycles. The zero-order valence-electron chi connectivity index (χ0n) is 21.3. The lowest BCUT2D eigenvalue weighted by molar-refractivity contribution is 0.569. The zero-order chi connectivity index (χ0) is 24.5. The number of para-hydroxylation sites is 2. The Hall–Kier alpha value is -3.32. The minimum Gasteiger partial charge on any atom is -0.371 e. The van der Waals surface area contributed by atoms with Crippen LogP contribution in [-0.4, -0.2) is 15.9 Å². The van der Waals surface area contributed by atoms with Gasteiger partial charge in [-0.25, -0.2) is 4.98 Å². The van der Waals surface area contributed by atoms with Gasteiger partial charge in [0, 0.05) is 18.5 Å². The molecule has 0 amide bonds. The first-order valence-corrected chi connectivity index (χ1v) is 13.3. The van der Waals surface area contributed by atoms with Crippen molar-refractivity contribution in [1.29, 1.82) is 5.26 Å². The van der Waals surface area contributed by atoms with Gasteiger partial charge in [-0.2, -0.15) is 5.26 Å². The monoisotopic (exact) mass is 466 g/mol. The molecular weight excluding hydrogens is 428 g/mol. The Bertz CT molecular complexity index is 1280. The normalized spacial score (nSPS) is 11.2. The first-order valence-electron chi connectivity index (χ1n) is 13.3. The van der Waals surface area contributed by atoms with Crippen molar-refractivity contribution < 1.29 is 0 Å². The first-order chi connectivity index (χ1) is 17.2. The summed E-state index contributed by atoms with van der Waals surface area (Å²) in [6.45, 7) is 5.26. The summed E-state index contributed by atoms with van der Waals surface area (Å²) >= 11 is 0. The Balaban J connectivity index is 1.58. The molecular formula is C31H38N4. The molecule has 2 aromatic heterocycles. The highest BCUT2D eigenvalue weighted by Crippen LogP contribution is 2.32. The van der Waals surface area contributed by atoms with Gasteiger partial charge < -0.3 is 5.32 Å². The van der Waals surface area contributed by atoms with Crippen LogP contribution in [0.5, 0.6) is 0 Å². The van der Waals surface area contributed by atoms with E-state index < -0.39 is 0 Å². The van der Waals surface area contributed by atoms with Crippen molar-refractivity contribution in [2.45, 2.75) is 78.1 Å². The number of hydrogen-bond acceptors (Lipinski definition) is 3. The van der Waals surface area contributed by atoms with E-state index in [1.165, 1.54) is 62.5 Å². The summed E-state index contributed by atoms with van der Waals surface area (Å²) in [4.78, 5) is 4.86. The molecule has 2 aromatic carbocycles. The summed E-state index contributed by atoms with van der Waals surface area (Å²) in [5.41, 5.74) is 6.83. The maximum absolute atomic E-state index is 10.1. The van der Waals surface area contributed by atoms with Crippen molar-refractivity contribution >= 4 is 22.5 Å². The number of imidazole rings is 1. The van der Waals surface area contributed by atoms with E-state index in [-0.39, 0.29) is 0 Å². The Labute approximate surface area is 210 Å². The second-order valence-corrected chi connectivity index (χ2v) is 9.62. The van der Waals surface area contributed by atoms with E-state index in [2.05, 4.69) is 60.0 Å². The molecule has 0 unspecified atom stereocenters. The highest BCUT2D eigenvalue weighted by Gasteiger charge is 2.20. The molecule has 0 aliphatic rings. The van der Waals surface area contributed by atoms with Crippen molar-refractivity contribution in [2.24, 2.45) is 0 Å². The number of benzene rings is 2. The molecule has 4 nitrogen and oxygen atoms in total. The van der Waals surface area contributed by atoms with Gasteiger partial charge >= 0.3 is 0 Å². The summed E-state index contributed by atoms with van der Waals surface area (Å²) in [7, 11) is 0. The molecule has 4 aromatic rings. The van der Waals surface area contributed by atoms with Crippen LogP contribution in [0, 0.1) is 18.3 Å². The van der Waals surface area contributed by atoms with Gasteiger partial charge in [0.25, 0.3) is 0 Å². The summed E-state index contributed by atoms with van der Waals surface area (Å²) < 4.78 is 2.17. The number of pyridine rings is 1. The lowest BCUT2D eigenvalue weighted by atomic mass is 9.97. The van der Waals surface area contributed by atoms with Crippen LogP contribution < -0.4 is 5.32 Å². The van der Waals surface area contributed by atoms with Gasteiger partial charge in [-0.05, 0) is 36.6 Å². The van der Waals surface area contributed by atoms with E-state index in [4.69, 9.17) is 4.98 Å². The van der Waals surface area contributed by atoms with Crippen molar-refractivity contribution in [3.63, 3.8) is 0 Å². The Morgan fingerprint density at radius 3 is 2.23 bits per heavy atom. The molecule has 2 heterocycles. The third-order valence-electron chi connectivity index (χ3n) is 7.03. The highest BCUT2D eigenvalue weighted by molar-refractivity contribution is 5.86. The van der Waals surface area contributed by atoms with Gasteiger partial charge in [0.15, 0.2) is 5.65 Å². The molecule has 4 heteroatoms. The van der Waals surface area contributed by atoms with Gasteiger partial charge in [0.05, 0.1) is 16.6 Å². The van der Waals surface area contributed by atoms with Crippen LogP contribution in [0.15, 0.2) is 54.6 Å². The first kappa shape index (κ1) is 24.8. The number of nitrogens with zero attached hydrogens (tertiary/aromatic N) is 3. The number of fused-ring (bicyclic) bond motifs is 3. The molecule has 0 spiro atoms. The number of nitriles is 1. The number of anilines is 1. The van der Waals surface area contributed by atoms with Crippen molar-refractivity contribution in [3.05, 3.63) is 76.9 Å². The van der Waals surface area contributed by atoms with Crippen LogP contribution in [0.25, 0.3) is 16.7 Å². The van der Waals surface area contributed by atoms with Crippen molar-refractivity contribution in [3.8, 4) is 6.07 Å². The molecule has 0 saturated carbocycles. The van der Waals surface area contributed by atoms with Crippen LogP contribution in [0.4, 0.5) is 5.82 Å². The van der Waals surface area contributed by atoms with Crippen LogP contribution in [0.3, 0.4) is 0 Å². The lowest BCUT2D eigenvalue weighted by Gasteiger charge is -2.19. The van der Waals surface area contributed by atoms with Crippen molar-refractivity contribution in [1.82, 2.24) is 9.38 Å². The predicted octanol–water partition coefficient (Wildman–Crippen LogP) is 8.20. The fourth-order valence-corrected chi connectivity index (χ4v) is 5.03. The molecule has 0 radical (unpaired) electrons. The van der Waals surface area contributed by atoms with Gasteiger partial charge in [-0.3, -0.25) is 4.40 Å². The predicted molar refractivity (Wildman–Crippen MR) is 147 cm³/mol. The molecule has 1 N–H and O–H groups in total. The number of unbranched alkanes of at least 4 members (excludes halogenated alkanes) is 8. The average molecular weight is 467 g/mol. The minimum atomic E-state index is 0.667. The number of rotatable bonds is 13. The quantitative estimate of drug-likeness (QED) is 0.202. The molecule has 0 aliphatic heterocycles. The SMILES string of the molecule is CCCCCCCCCCCNc1c(Cc2ccccc2)c(C)c(C#N)c2nc3ccccc3n12. The second kappa shape index (κ2) is 12.4. The summed E-state index contributed by atoms with van der Waals surface area (Å²) in [5, 5.41) is 13.8. The topological polar surface area (TPSA) is 53.1 Å². The number of hydrogen-bond donors (Lipinski definition) is 1. The standard InChI is InChI=1S/C31H38N4/c1-3-4-5-6-7-8-9-10-16-21-33-30-26(22-25-17-12-11-13-18-25)24(2)27(23-32)31-34-28-19-14-15-20-29(28)35(30)31/h11-15,17-20,33H,3-10,16,21-22H2,1-2H3. The Morgan fingerprint density at radius 1 is 0.857 bits per heavy atom. The fraction of sp³-hybridized carbons (Fsp3) is 0.419.